The third-order valence-electron chi connectivity index (χ3n) is 2.45. The van der Waals surface area contributed by atoms with Gasteiger partial charge in [0.05, 0.1) is 12.8 Å². The van der Waals surface area contributed by atoms with E-state index in [9.17, 15) is 9.59 Å². The number of hydrogen-bond donors (Lipinski definition) is 0. The van der Waals surface area contributed by atoms with E-state index >= 15 is 0 Å². The molecule has 7 heteroatoms. The van der Waals surface area contributed by atoms with Crippen LogP contribution < -0.4 is 0 Å². The molecule has 0 unspecified atom stereocenters. The van der Waals surface area contributed by atoms with Crippen molar-refractivity contribution in [2.75, 3.05) is 6.54 Å². The second kappa shape index (κ2) is 12.7. The molecule has 0 bridgehead atoms. The van der Waals surface area contributed by atoms with E-state index in [4.69, 9.17) is 34.8 Å². The largest absolute Gasteiger partial charge is 0.393 e. The van der Waals surface area contributed by atoms with Gasteiger partial charge < -0.3 is 4.74 Å². The normalized spacial score (nSPS) is 14.2. The number of esters is 2. The lowest BCUT2D eigenvalue weighted by atomic mass is 10.2. The van der Waals surface area contributed by atoms with E-state index in [1.54, 1.807) is 0 Å². The predicted octanol–water partition coefficient (Wildman–Crippen LogP) is 3.96. The zero-order valence-corrected chi connectivity index (χ0v) is 14.9. The first-order valence-corrected chi connectivity index (χ1v) is 7.84. The average molecular weight is 349 g/mol. The van der Waals surface area contributed by atoms with Crippen molar-refractivity contribution in [3.05, 3.63) is 0 Å². The quantitative estimate of drug-likeness (QED) is 0.440. The van der Waals surface area contributed by atoms with Gasteiger partial charge in [-0.05, 0) is 34.2 Å². The minimum Gasteiger partial charge on any atom is -0.393 e. The molecular weight excluding hydrogens is 325 g/mol. The third-order valence-corrected chi connectivity index (χ3v) is 2.45. The van der Waals surface area contributed by atoms with Crippen molar-refractivity contribution in [1.29, 1.82) is 0 Å². The second-order valence-corrected chi connectivity index (χ2v) is 6.59. The van der Waals surface area contributed by atoms with Crippen molar-refractivity contribution in [2.45, 2.75) is 63.8 Å². The van der Waals surface area contributed by atoms with Crippen molar-refractivity contribution in [3.63, 3.8) is 0 Å². The lowest BCUT2D eigenvalue weighted by molar-refractivity contribution is -0.151. The summed E-state index contributed by atoms with van der Waals surface area (Å²) in [6.45, 7) is 12.3. The van der Waals surface area contributed by atoms with Crippen molar-refractivity contribution in [1.82, 2.24) is 4.90 Å². The zero-order chi connectivity index (χ0) is 16.3. The fourth-order valence-corrected chi connectivity index (χ4v) is 1.76. The van der Waals surface area contributed by atoms with Gasteiger partial charge in [-0.2, -0.15) is 0 Å². The first kappa shape index (κ1) is 22.3. The molecular formula is C13H24Cl3NO3. The van der Waals surface area contributed by atoms with Gasteiger partial charge in [-0.15, -0.1) is 0 Å². The Balaban J connectivity index is 0. The molecule has 1 aliphatic rings. The molecule has 0 aromatic rings. The molecule has 1 saturated heterocycles. The van der Waals surface area contributed by atoms with Crippen LogP contribution in [-0.4, -0.2) is 39.8 Å². The summed E-state index contributed by atoms with van der Waals surface area (Å²) in [5.41, 5.74) is 0. The highest BCUT2D eigenvalue weighted by molar-refractivity contribution is 6.63. The number of cyclic esters (lactones) is 2. The molecule has 1 aliphatic heterocycles. The van der Waals surface area contributed by atoms with Crippen LogP contribution >= 0.6 is 34.8 Å². The number of alkyl halides is 3. The Bertz CT molecular complexity index is 259. The highest BCUT2D eigenvalue weighted by Crippen LogP contribution is 2.04. The van der Waals surface area contributed by atoms with Crippen molar-refractivity contribution < 1.29 is 14.3 Å². The maximum Gasteiger partial charge on any atom is 0.314 e. The minimum atomic E-state index is -0.750. The Morgan fingerprint density at radius 2 is 1.30 bits per heavy atom. The lowest BCUT2D eigenvalue weighted by Gasteiger charge is -2.28. The Hall–Kier alpha value is -0.0300. The highest BCUT2D eigenvalue weighted by Gasteiger charge is 2.19. The molecule has 0 amide bonds. The number of nitrogens with zero attached hydrogens (tertiary/aromatic N) is 1. The van der Waals surface area contributed by atoms with Crippen molar-refractivity contribution in [2.24, 2.45) is 0 Å². The second-order valence-electron chi connectivity index (χ2n) is 4.61. The first-order chi connectivity index (χ1) is 9.11. The maximum absolute atomic E-state index is 10.0. The smallest absolute Gasteiger partial charge is 0.314 e. The first-order valence-electron chi connectivity index (χ1n) is 6.53. The van der Waals surface area contributed by atoms with E-state index in [0.29, 0.717) is 12.1 Å². The molecule has 0 spiro atoms. The fourth-order valence-electron chi connectivity index (χ4n) is 1.76. The van der Waals surface area contributed by atoms with Gasteiger partial charge in [-0.3, -0.25) is 14.5 Å². The summed E-state index contributed by atoms with van der Waals surface area (Å²) in [6.07, 6.45) is 0.525. The molecule has 0 aliphatic carbocycles. The maximum atomic E-state index is 10.0. The summed E-state index contributed by atoms with van der Waals surface area (Å²) in [7, 11) is 0. The number of halogens is 3. The third kappa shape index (κ3) is 14.4. The summed E-state index contributed by atoms with van der Waals surface area (Å²) in [4.78, 5) is 22.5. The Labute approximate surface area is 136 Å². The predicted molar refractivity (Wildman–Crippen MR) is 84.3 cm³/mol. The van der Waals surface area contributed by atoms with Gasteiger partial charge >= 0.3 is 11.9 Å². The molecule has 4 nitrogen and oxygen atoms in total. The van der Waals surface area contributed by atoms with E-state index in [0.717, 1.165) is 6.54 Å². The molecule has 0 saturated carbocycles. The van der Waals surface area contributed by atoms with Crippen LogP contribution in [0.2, 0.25) is 0 Å². The number of ether oxygens (including phenoxy) is 1. The molecule has 120 valence electrons. The van der Waals surface area contributed by atoms with Gasteiger partial charge in [0.25, 0.3) is 0 Å². The number of carbonyl (C=O) groups excluding carboxylic acids is 2. The summed E-state index contributed by atoms with van der Waals surface area (Å²) in [5, 5.41) is 0. The minimum absolute atomic E-state index is 0.263. The molecule has 0 aromatic heterocycles. The average Bonchev–Trinajstić information content (AvgIpc) is 2.62. The van der Waals surface area contributed by atoms with Crippen LogP contribution in [0.5, 0.6) is 0 Å². The van der Waals surface area contributed by atoms with Gasteiger partial charge in [-0.1, -0.05) is 41.7 Å². The van der Waals surface area contributed by atoms with Crippen LogP contribution in [0.4, 0.5) is 0 Å². The monoisotopic (exact) mass is 347 g/mol. The molecule has 1 heterocycles. The number of rotatable bonds is 3. The topological polar surface area (TPSA) is 46.6 Å². The van der Waals surface area contributed by atoms with Gasteiger partial charge in [0.15, 0.2) is 4.30 Å². The Morgan fingerprint density at radius 3 is 1.35 bits per heavy atom. The van der Waals surface area contributed by atoms with E-state index in [-0.39, 0.29) is 12.8 Å². The molecule has 0 atom stereocenters. The van der Waals surface area contributed by atoms with Crippen LogP contribution in [0.25, 0.3) is 0 Å². The summed E-state index contributed by atoms with van der Waals surface area (Å²) < 4.78 is 3.33. The van der Waals surface area contributed by atoms with E-state index in [1.807, 2.05) is 0 Å². The van der Waals surface area contributed by atoms with Gasteiger partial charge in [0, 0.05) is 12.1 Å². The summed E-state index contributed by atoms with van der Waals surface area (Å²) in [5.74, 6) is -0.796. The summed E-state index contributed by atoms with van der Waals surface area (Å²) in [6, 6.07) is 1.38. The van der Waals surface area contributed by atoms with Gasteiger partial charge in [0.1, 0.15) is 0 Å². The summed E-state index contributed by atoms with van der Waals surface area (Å²) >= 11 is 14.4. The lowest BCUT2D eigenvalue weighted by Crippen LogP contribution is -2.36. The van der Waals surface area contributed by atoms with Gasteiger partial charge in [-0.25, -0.2) is 0 Å². The Kier molecular flexibility index (Phi) is 14.1. The molecule has 0 aromatic carbocycles. The molecule has 20 heavy (non-hydrogen) atoms. The molecule has 1 rings (SSSR count). The van der Waals surface area contributed by atoms with E-state index < -0.39 is 16.2 Å². The van der Waals surface area contributed by atoms with Crippen LogP contribution in [0, 0.1) is 0 Å². The van der Waals surface area contributed by atoms with E-state index in [2.05, 4.69) is 44.3 Å². The van der Waals surface area contributed by atoms with Crippen LogP contribution in [-0.2, 0) is 14.3 Å². The molecule has 0 N–H and O–H groups in total. The zero-order valence-electron chi connectivity index (χ0n) is 12.7. The Morgan fingerprint density at radius 1 is 1.00 bits per heavy atom. The molecule has 0 radical (unpaired) electrons. The molecule has 1 fully saturated rings. The van der Waals surface area contributed by atoms with E-state index in [1.165, 1.54) is 0 Å². The number of hydrogen-bond acceptors (Lipinski definition) is 4. The van der Waals surface area contributed by atoms with Crippen LogP contribution in [0.3, 0.4) is 0 Å². The fraction of sp³-hybridized carbons (Fsp3) is 0.846. The van der Waals surface area contributed by atoms with Crippen LogP contribution in [0.15, 0.2) is 0 Å². The van der Waals surface area contributed by atoms with Crippen LogP contribution in [0.1, 0.15) is 47.5 Å². The number of carbonyl (C=O) groups is 2. The SMILES string of the molecule is CCN(C(C)C)C(C)C.ClC(Cl)Cl.O=C1CCC(=O)O1. The van der Waals surface area contributed by atoms with Crippen molar-refractivity contribution >= 4 is 46.7 Å². The van der Waals surface area contributed by atoms with Crippen molar-refractivity contribution in [3.8, 4) is 0 Å². The highest BCUT2D eigenvalue weighted by atomic mass is 35.6. The standard InChI is InChI=1S/C8H19N.C4H4O3.CHCl3/c1-6-9(7(2)3)8(4)5;5-3-1-2-4(6)7-3;2-1(3)4/h7-8H,6H2,1-5H3;1-2H2;1H. The van der Waals surface area contributed by atoms with Gasteiger partial charge in [0.2, 0.25) is 0 Å².